The Kier molecular flexibility index (Phi) is 8.16. The van der Waals surface area contributed by atoms with Crippen LogP contribution in [0.1, 0.15) is 57.6 Å². The number of nitrogens with zero attached hydrogens (tertiary/aromatic N) is 2. The van der Waals surface area contributed by atoms with Crippen LogP contribution in [0.4, 0.5) is 5.69 Å². The summed E-state index contributed by atoms with van der Waals surface area (Å²) < 4.78 is 0. The largest absolute Gasteiger partial charge is 0.343 e. The van der Waals surface area contributed by atoms with E-state index in [0.717, 1.165) is 53.6 Å². The molecular weight excluding hydrogens is 448 g/mol. The maximum Gasteiger partial charge on any atom is 0.224 e. The number of carbonyl (C=O) groups excluding carboxylic acids is 2. The molecule has 1 atom stereocenters. The van der Waals surface area contributed by atoms with Crippen molar-refractivity contribution in [3.8, 4) is 22.4 Å². The summed E-state index contributed by atoms with van der Waals surface area (Å²) in [6, 6.07) is 20.5. The molecule has 0 unspecified atom stereocenters. The van der Waals surface area contributed by atoms with E-state index in [1.165, 1.54) is 0 Å². The first kappa shape index (κ1) is 25.6. The summed E-state index contributed by atoms with van der Waals surface area (Å²) in [4.78, 5) is 31.1. The van der Waals surface area contributed by atoms with Crippen molar-refractivity contribution in [2.75, 3.05) is 12.4 Å². The van der Waals surface area contributed by atoms with Crippen LogP contribution in [0.25, 0.3) is 22.4 Å². The van der Waals surface area contributed by atoms with E-state index in [1.807, 2.05) is 67.4 Å². The van der Waals surface area contributed by atoms with Gasteiger partial charge in [0, 0.05) is 43.6 Å². The molecule has 0 radical (unpaired) electrons. The minimum Gasteiger partial charge on any atom is -0.343 e. The predicted molar refractivity (Wildman–Crippen MR) is 145 cm³/mol. The molecule has 6 nitrogen and oxygen atoms in total. The van der Waals surface area contributed by atoms with Gasteiger partial charge in [0.15, 0.2) is 0 Å². The minimum atomic E-state index is -0.0247. The number of carbonyl (C=O) groups is 2. The zero-order valence-electron chi connectivity index (χ0n) is 21.4. The van der Waals surface area contributed by atoms with Crippen LogP contribution in [0.3, 0.4) is 0 Å². The highest BCUT2D eigenvalue weighted by Crippen LogP contribution is 2.34. The van der Waals surface area contributed by atoms with Crippen LogP contribution >= 0.6 is 0 Å². The van der Waals surface area contributed by atoms with Crippen molar-refractivity contribution < 1.29 is 9.59 Å². The second-order valence-corrected chi connectivity index (χ2v) is 9.95. The number of hydrogen-bond donors (Lipinski definition) is 2. The van der Waals surface area contributed by atoms with Gasteiger partial charge in [-0.25, -0.2) is 0 Å². The fourth-order valence-corrected chi connectivity index (χ4v) is 5.01. The highest BCUT2D eigenvalue weighted by Gasteiger charge is 2.26. The Hall–Kier alpha value is -3.51. The Balaban J connectivity index is 1.48. The van der Waals surface area contributed by atoms with Crippen LogP contribution in [-0.2, 0) is 9.59 Å². The summed E-state index contributed by atoms with van der Waals surface area (Å²) in [6.45, 7) is 3.58. The summed E-state index contributed by atoms with van der Waals surface area (Å²) >= 11 is 0. The lowest BCUT2D eigenvalue weighted by atomic mass is 9.83. The minimum absolute atomic E-state index is 0.00761. The maximum absolute atomic E-state index is 12.9. The first-order valence-corrected chi connectivity index (χ1v) is 12.8. The van der Waals surface area contributed by atoms with E-state index in [2.05, 4.69) is 17.4 Å². The van der Waals surface area contributed by atoms with Gasteiger partial charge in [0.25, 0.3) is 0 Å². The molecule has 0 bridgehead atoms. The number of rotatable bonds is 7. The van der Waals surface area contributed by atoms with Crippen molar-refractivity contribution in [2.24, 2.45) is 11.7 Å². The van der Waals surface area contributed by atoms with Gasteiger partial charge < -0.3 is 16.0 Å². The Morgan fingerprint density at radius 1 is 1.03 bits per heavy atom. The predicted octanol–water partition coefficient (Wildman–Crippen LogP) is 5.80. The van der Waals surface area contributed by atoms with Crippen molar-refractivity contribution >= 4 is 17.5 Å². The average Bonchev–Trinajstić information content (AvgIpc) is 2.89. The third kappa shape index (κ3) is 6.18. The third-order valence-corrected chi connectivity index (χ3v) is 7.30. The smallest absolute Gasteiger partial charge is 0.224 e. The molecule has 1 aliphatic carbocycles. The quantitative estimate of drug-likeness (QED) is 0.443. The number of amides is 2. The van der Waals surface area contributed by atoms with Crippen molar-refractivity contribution in [1.82, 2.24) is 9.88 Å². The second kappa shape index (κ2) is 11.5. The average molecular weight is 485 g/mol. The standard InChI is InChI=1S/C30H36N4O2/c1-20(31)23-11-13-25(14-12-23)30-28(24-7-5-4-6-8-24)18-26(19-32-30)33-29(36)17-22-9-15-27(16-10-22)34(3)21(2)35/h4-8,11-14,18-20,22,27H,9-10,15-17,31H2,1-3H3,(H,33,36)/t20-,22-,27-/m0/s1. The van der Waals surface area contributed by atoms with Gasteiger partial charge >= 0.3 is 0 Å². The Morgan fingerprint density at radius 3 is 2.31 bits per heavy atom. The highest BCUT2D eigenvalue weighted by molar-refractivity contribution is 5.93. The molecule has 2 amide bonds. The topological polar surface area (TPSA) is 88.3 Å². The number of nitrogens with one attached hydrogen (secondary N) is 1. The van der Waals surface area contributed by atoms with Gasteiger partial charge in [0.2, 0.25) is 11.8 Å². The number of aromatic nitrogens is 1. The summed E-state index contributed by atoms with van der Waals surface area (Å²) in [5, 5.41) is 3.07. The van der Waals surface area contributed by atoms with Crippen LogP contribution in [0, 0.1) is 5.92 Å². The van der Waals surface area contributed by atoms with Gasteiger partial charge in [-0.2, -0.15) is 0 Å². The molecule has 3 aromatic rings. The molecule has 0 saturated heterocycles. The first-order valence-electron chi connectivity index (χ1n) is 12.8. The van der Waals surface area contributed by atoms with Crippen LogP contribution in [0.2, 0.25) is 0 Å². The summed E-state index contributed by atoms with van der Waals surface area (Å²) in [6.07, 6.45) is 6.03. The Bertz CT molecular complexity index is 1180. The molecular formula is C30H36N4O2. The van der Waals surface area contributed by atoms with Crippen molar-refractivity contribution in [2.45, 2.75) is 58.0 Å². The molecule has 1 saturated carbocycles. The van der Waals surface area contributed by atoms with Gasteiger partial charge in [0.05, 0.1) is 17.6 Å². The first-order chi connectivity index (χ1) is 17.3. The van der Waals surface area contributed by atoms with Crippen molar-refractivity contribution in [3.63, 3.8) is 0 Å². The van der Waals surface area contributed by atoms with E-state index in [-0.39, 0.29) is 23.9 Å². The van der Waals surface area contributed by atoms with Gasteiger partial charge in [-0.3, -0.25) is 14.6 Å². The lowest BCUT2D eigenvalue weighted by Gasteiger charge is -2.34. The molecule has 0 spiro atoms. The SMILES string of the molecule is CC(=O)N(C)[C@H]1CC[C@H](CC(=O)Nc2cnc(-c3ccc([C@H](C)N)cc3)c(-c3ccccc3)c2)CC1. The van der Waals surface area contributed by atoms with Crippen LogP contribution in [0.5, 0.6) is 0 Å². The lowest BCUT2D eigenvalue weighted by molar-refractivity contribution is -0.130. The highest BCUT2D eigenvalue weighted by atomic mass is 16.2. The molecule has 6 heteroatoms. The molecule has 1 fully saturated rings. The third-order valence-electron chi connectivity index (χ3n) is 7.30. The zero-order valence-corrected chi connectivity index (χ0v) is 21.4. The molecule has 1 heterocycles. The van der Waals surface area contributed by atoms with E-state index in [1.54, 1.807) is 13.1 Å². The van der Waals surface area contributed by atoms with Gasteiger partial charge in [-0.15, -0.1) is 0 Å². The van der Waals surface area contributed by atoms with E-state index in [9.17, 15) is 9.59 Å². The lowest BCUT2D eigenvalue weighted by Crippen LogP contribution is -2.38. The summed E-state index contributed by atoms with van der Waals surface area (Å²) in [5.74, 6) is 0.449. The normalized spacial score (nSPS) is 18.3. The van der Waals surface area contributed by atoms with Crippen LogP contribution < -0.4 is 11.1 Å². The number of anilines is 1. The zero-order chi connectivity index (χ0) is 25.7. The van der Waals surface area contributed by atoms with E-state index >= 15 is 0 Å². The fourth-order valence-electron chi connectivity index (χ4n) is 5.01. The maximum atomic E-state index is 12.9. The Labute approximate surface area is 213 Å². The summed E-state index contributed by atoms with van der Waals surface area (Å²) in [7, 11) is 1.87. The fraction of sp³-hybridized carbons (Fsp3) is 0.367. The molecule has 36 heavy (non-hydrogen) atoms. The van der Waals surface area contributed by atoms with E-state index in [4.69, 9.17) is 10.7 Å². The van der Waals surface area contributed by atoms with Crippen LogP contribution in [-0.4, -0.2) is 34.8 Å². The molecule has 188 valence electrons. The van der Waals surface area contributed by atoms with Crippen LogP contribution in [0.15, 0.2) is 66.9 Å². The monoisotopic (exact) mass is 484 g/mol. The number of pyridine rings is 1. The molecule has 0 aliphatic heterocycles. The molecule has 1 aromatic heterocycles. The van der Waals surface area contributed by atoms with Gasteiger partial charge in [-0.05, 0) is 55.7 Å². The van der Waals surface area contributed by atoms with Gasteiger partial charge in [-0.1, -0.05) is 54.6 Å². The molecule has 2 aromatic carbocycles. The number of benzene rings is 2. The summed E-state index contributed by atoms with van der Waals surface area (Å²) in [5.41, 5.74) is 11.7. The van der Waals surface area contributed by atoms with Crippen molar-refractivity contribution in [3.05, 3.63) is 72.4 Å². The molecule has 3 N–H and O–H groups in total. The second-order valence-electron chi connectivity index (χ2n) is 9.95. The Morgan fingerprint density at radius 2 is 1.69 bits per heavy atom. The van der Waals surface area contributed by atoms with Crippen molar-refractivity contribution in [1.29, 1.82) is 0 Å². The van der Waals surface area contributed by atoms with Gasteiger partial charge in [0.1, 0.15) is 0 Å². The number of hydrogen-bond acceptors (Lipinski definition) is 4. The van der Waals surface area contributed by atoms with E-state index < -0.39 is 0 Å². The number of nitrogens with two attached hydrogens (primary N) is 1. The molecule has 4 rings (SSSR count). The molecule has 1 aliphatic rings. The van der Waals surface area contributed by atoms with E-state index in [0.29, 0.717) is 18.0 Å².